The van der Waals surface area contributed by atoms with Crippen molar-refractivity contribution in [2.45, 2.75) is 0 Å². The van der Waals surface area contributed by atoms with Crippen LogP contribution in [-0.2, 0) is 0 Å². The number of aromatic nitrogens is 1. The van der Waals surface area contributed by atoms with Crippen LogP contribution in [0, 0.1) is 34.0 Å². The number of fused-ring (bicyclic) bond motifs is 5. The topological polar surface area (TPSA) is 76.3 Å². The SMILES string of the molecule is N#Cc1ccc2c(c1)c1ccccc1n2-c1ccc(-c2ccc(-c3c4ccccc4c(-c4ccccc4)c4ccccc34)cc2)c(C#N)c1C#N. The van der Waals surface area contributed by atoms with E-state index in [2.05, 4.69) is 103 Å². The van der Waals surface area contributed by atoms with Crippen molar-refractivity contribution in [3.63, 3.8) is 0 Å². The summed E-state index contributed by atoms with van der Waals surface area (Å²) in [5, 5.41) is 37.3. The van der Waals surface area contributed by atoms with Crippen LogP contribution in [0.2, 0.25) is 0 Å². The molecular formula is C47H26N4. The van der Waals surface area contributed by atoms with Gasteiger partial charge >= 0.3 is 0 Å². The summed E-state index contributed by atoms with van der Waals surface area (Å²) >= 11 is 0. The zero-order valence-corrected chi connectivity index (χ0v) is 27.3. The first kappa shape index (κ1) is 29.7. The lowest BCUT2D eigenvalue weighted by Gasteiger charge is -2.18. The summed E-state index contributed by atoms with van der Waals surface area (Å²) in [7, 11) is 0. The van der Waals surface area contributed by atoms with Gasteiger partial charge in [0.15, 0.2) is 0 Å². The molecule has 1 aromatic heterocycles. The van der Waals surface area contributed by atoms with Crippen LogP contribution in [-0.4, -0.2) is 4.57 Å². The molecule has 0 aliphatic rings. The molecule has 51 heavy (non-hydrogen) atoms. The molecule has 1 heterocycles. The van der Waals surface area contributed by atoms with E-state index in [4.69, 9.17) is 0 Å². The van der Waals surface area contributed by atoms with Crippen molar-refractivity contribution >= 4 is 43.4 Å². The smallest absolute Gasteiger partial charge is 0.103 e. The Morgan fingerprint density at radius 2 is 0.882 bits per heavy atom. The summed E-state index contributed by atoms with van der Waals surface area (Å²) in [6.07, 6.45) is 0. The van der Waals surface area contributed by atoms with E-state index >= 15 is 0 Å². The van der Waals surface area contributed by atoms with E-state index in [1.807, 2.05) is 71.3 Å². The molecule has 9 aromatic rings. The van der Waals surface area contributed by atoms with E-state index in [0.29, 0.717) is 27.9 Å². The van der Waals surface area contributed by atoms with Crippen molar-refractivity contribution < 1.29 is 0 Å². The first-order chi connectivity index (χ1) is 25.2. The highest BCUT2D eigenvalue weighted by Crippen LogP contribution is 2.44. The maximum Gasteiger partial charge on any atom is 0.103 e. The van der Waals surface area contributed by atoms with Crippen molar-refractivity contribution in [3.05, 3.63) is 174 Å². The van der Waals surface area contributed by atoms with Gasteiger partial charge in [0.25, 0.3) is 0 Å². The Kier molecular flexibility index (Phi) is 6.93. The van der Waals surface area contributed by atoms with Crippen molar-refractivity contribution in [3.8, 4) is 57.3 Å². The van der Waals surface area contributed by atoms with Crippen LogP contribution in [0.3, 0.4) is 0 Å². The Labute approximate surface area is 294 Å². The molecular weight excluding hydrogens is 621 g/mol. The van der Waals surface area contributed by atoms with Crippen LogP contribution in [0.1, 0.15) is 16.7 Å². The van der Waals surface area contributed by atoms with E-state index in [0.717, 1.165) is 38.5 Å². The minimum Gasteiger partial charge on any atom is -0.308 e. The van der Waals surface area contributed by atoms with Crippen LogP contribution in [0.15, 0.2) is 158 Å². The second kappa shape index (κ2) is 11.9. The Hall–Kier alpha value is -7.45. The van der Waals surface area contributed by atoms with E-state index in [-0.39, 0.29) is 0 Å². The molecule has 4 nitrogen and oxygen atoms in total. The molecule has 0 amide bonds. The summed E-state index contributed by atoms with van der Waals surface area (Å²) in [6.45, 7) is 0. The van der Waals surface area contributed by atoms with Gasteiger partial charge in [0.05, 0.1) is 39.5 Å². The summed E-state index contributed by atoms with van der Waals surface area (Å²) in [6, 6.07) is 60.4. The largest absolute Gasteiger partial charge is 0.308 e. The molecule has 0 aliphatic carbocycles. The lowest BCUT2D eigenvalue weighted by atomic mass is 9.85. The van der Waals surface area contributed by atoms with Crippen molar-refractivity contribution in [2.75, 3.05) is 0 Å². The predicted molar refractivity (Wildman–Crippen MR) is 206 cm³/mol. The molecule has 9 rings (SSSR count). The first-order valence-corrected chi connectivity index (χ1v) is 16.7. The Balaban J connectivity index is 1.21. The molecule has 0 unspecified atom stereocenters. The maximum atomic E-state index is 10.6. The van der Waals surface area contributed by atoms with Gasteiger partial charge in [-0.15, -0.1) is 0 Å². The van der Waals surface area contributed by atoms with Crippen LogP contribution in [0.5, 0.6) is 0 Å². The zero-order valence-electron chi connectivity index (χ0n) is 27.3. The standard InChI is InChI=1S/C47H26N4/c48-27-30-18-24-44-40(26-30)35-12-8-9-17-43(35)51(44)45-25-23-34(41(28-49)42(45)29-50)31-19-21-33(22-20-31)47-38-15-6-4-13-36(38)46(32-10-2-1-3-11-32)37-14-5-7-16-39(37)47/h1-26H. The van der Waals surface area contributed by atoms with Crippen LogP contribution < -0.4 is 0 Å². The highest BCUT2D eigenvalue weighted by Gasteiger charge is 2.21. The van der Waals surface area contributed by atoms with Gasteiger partial charge in [0.2, 0.25) is 0 Å². The summed E-state index contributed by atoms with van der Waals surface area (Å²) in [5.41, 5.74) is 9.78. The average Bonchev–Trinajstić information content (AvgIpc) is 3.53. The second-order valence-corrected chi connectivity index (χ2v) is 12.6. The number of nitrogens with zero attached hydrogens (tertiary/aromatic N) is 4. The molecule has 0 spiro atoms. The molecule has 0 atom stereocenters. The zero-order chi connectivity index (χ0) is 34.5. The Morgan fingerprint density at radius 3 is 1.47 bits per heavy atom. The fourth-order valence-corrected chi connectivity index (χ4v) is 7.72. The molecule has 0 aliphatic heterocycles. The fraction of sp³-hybridized carbons (Fsp3) is 0. The average molecular weight is 647 g/mol. The van der Waals surface area contributed by atoms with Gasteiger partial charge < -0.3 is 4.57 Å². The molecule has 0 fully saturated rings. The van der Waals surface area contributed by atoms with Gasteiger partial charge in [-0.1, -0.05) is 127 Å². The molecule has 4 heteroatoms. The fourth-order valence-electron chi connectivity index (χ4n) is 7.72. The summed E-state index contributed by atoms with van der Waals surface area (Å²) in [4.78, 5) is 0. The van der Waals surface area contributed by atoms with Crippen LogP contribution in [0.25, 0.3) is 82.4 Å². The third kappa shape index (κ3) is 4.58. The minimum absolute atomic E-state index is 0.305. The van der Waals surface area contributed by atoms with Crippen molar-refractivity contribution in [1.29, 1.82) is 15.8 Å². The van der Waals surface area contributed by atoms with Gasteiger partial charge in [-0.25, -0.2) is 0 Å². The monoisotopic (exact) mass is 646 g/mol. The Bertz CT molecular complexity index is 2930. The minimum atomic E-state index is 0.305. The number of hydrogen-bond acceptors (Lipinski definition) is 3. The molecule has 0 saturated heterocycles. The third-order valence-electron chi connectivity index (χ3n) is 9.93. The predicted octanol–water partition coefficient (Wildman–Crippen LogP) is 11.7. The normalized spacial score (nSPS) is 11.1. The molecule has 0 bridgehead atoms. The van der Waals surface area contributed by atoms with E-state index < -0.39 is 0 Å². The highest BCUT2D eigenvalue weighted by molar-refractivity contribution is 6.21. The van der Waals surface area contributed by atoms with Crippen LogP contribution in [0.4, 0.5) is 0 Å². The third-order valence-corrected chi connectivity index (χ3v) is 9.93. The number of hydrogen-bond donors (Lipinski definition) is 0. The van der Waals surface area contributed by atoms with Crippen LogP contribution >= 0.6 is 0 Å². The van der Waals surface area contributed by atoms with Crippen molar-refractivity contribution in [2.24, 2.45) is 0 Å². The number of benzene rings is 8. The van der Waals surface area contributed by atoms with E-state index in [1.165, 1.54) is 32.7 Å². The van der Waals surface area contributed by atoms with E-state index in [1.54, 1.807) is 6.07 Å². The summed E-state index contributed by atoms with van der Waals surface area (Å²) in [5.74, 6) is 0. The second-order valence-electron chi connectivity index (χ2n) is 12.6. The molecule has 0 radical (unpaired) electrons. The molecule has 0 saturated carbocycles. The lowest BCUT2D eigenvalue weighted by molar-refractivity contribution is 1.16. The Morgan fingerprint density at radius 1 is 0.373 bits per heavy atom. The summed E-state index contributed by atoms with van der Waals surface area (Å²) < 4.78 is 2.02. The van der Waals surface area contributed by atoms with Gasteiger partial charge in [-0.05, 0) is 79.7 Å². The van der Waals surface area contributed by atoms with Crippen molar-refractivity contribution in [1.82, 2.24) is 4.57 Å². The molecule has 8 aromatic carbocycles. The molecule has 0 N–H and O–H groups in total. The molecule has 234 valence electrons. The lowest BCUT2D eigenvalue weighted by Crippen LogP contribution is -2.01. The van der Waals surface area contributed by atoms with Gasteiger partial charge in [-0.2, -0.15) is 15.8 Å². The number of rotatable bonds is 4. The van der Waals surface area contributed by atoms with Gasteiger partial charge in [0.1, 0.15) is 12.1 Å². The number of para-hydroxylation sites is 1. The number of nitriles is 3. The highest BCUT2D eigenvalue weighted by atomic mass is 15.0. The van der Waals surface area contributed by atoms with Gasteiger partial charge in [-0.3, -0.25) is 0 Å². The quantitative estimate of drug-likeness (QED) is 0.179. The van der Waals surface area contributed by atoms with E-state index in [9.17, 15) is 15.8 Å². The van der Waals surface area contributed by atoms with Gasteiger partial charge in [0, 0.05) is 16.3 Å². The maximum absolute atomic E-state index is 10.6. The first-order valence-electron chi connectivity index (χ1n) is 16.7.